The average molecular weight is 406 g/mol. The molecule has 1 saturated carbocycles. The number of carbonyl (C=O) groups is 2. The number of carbonyl (C=O) groups excluding carboxylic acids is 2. The van der Waals surface area contributed by atoms with Crippen molar-refractivity contribution >= 4 is 11.8 Å². The molecule has 3 aromatic rings. The molecule has 1 aliphatic carbocycles. The van der Waals surface area contributed by atoms with E-state index in [0.29, 0.717) is 35.8 Å². The van der Waals surface area contributed by atoms with Gasteiger partial charge in [-0.1, -0.05) is 18.9 Å². The summed E-state index contributed by atoms with van der Waals surface area (Å²) in [5.74, 6) is -0.502. The van der Waals surface area contributed by atoms with E-state index in [-0.39, 0.29) is 5.69 Å². The van der Waals surface area contributed by atoms with E-state index in [1.54, 1.807) is 35.3 Å². The van der Waals surface area contributed by atoms with Crippen LogP contribution >= 0.6 is 0 Å². The maximum atomic E-state index is 13.0. The molecule has 1 fully saturated rings. The molecular weight excluding hydrogens is 384 g/mol. The lowest BCUT2D eigenvalue weighted by atomic mass is 9.96. The lowest BCUT2D eigenvalue weighted by Gasteiger charge is -2.26. The van der Waals surface area contributed by atoms with E-state index in [2.05, 4.69) is 20.4 Å². The maximum absolute atomic E-state index is 13.0. The Bertz CT molecular complexity index is 1060. The van der Waals surface area contributed by atoms with Gasteiger partial charge in [-0.3, -0.25) is 14.6 Å². The number of aromatic nitrogens is 4. The van der Waals surface area contributed by atoms with Gasteiger partial charge in [0, 0.05) is 12.3 Å². The third kappa shape index (κ3) is 3.61. The quantitative estimate of drug-likeness (QED) is 0.644. The molecular formula is C21H22N6O3. The zero-order chi connectivity index (χ0) is 21.1. The second kappa shape index (κ2) is 7.94. The summed E-state index contributed by atoms with van der Waals surface area (Å²) in [7, 11) is 1.54. The van der Waals surface area contributed by atoms with Crippen molar-refractivity contribution in [2.45, 2.75) is 31.2 Å². The van der Waals surface area contributed by atoms with Gasteiger partial charge in [0.1, 0.15) is 5.54 Å². The molecule has 9 nitrogen and oxygen atoms in total. The van der Waals surface area contributed by atoms with Crippen LogP contribution in [0.5, 0.6) is 5.88 Å². The third-order valence-corrected chi connectivity index (χ3v) is 5.33. The van der Waals surface area contributed by atoms with Gasteiger partial charge in [0.15, 0.2) is 5.69 Å². The molecule has 0 radical (unpaired) electrons. The Hall–Kier alpha value is -3.75. The fourth-order valence-electron chi connectivity index (χ4n) is 3.70. The molecule has 0 spiro atoms. The van der Waals surface area contributed by atoms with Crippen LogP contribution in [-0.2, 0) is 4.79 Å². The molecule has 3 aromatic heterocycles. The highest BCUT2D eigenvalue weighted by molar-refractivity contribution is 5.98. The molecule has 0 saturated heterocycles. The van der Waals surface area contributed by atoms with E-state index < -0.39 is 17.4 Å². The molecule has 154 valence electrons. The third-order valence-electron chi connectivity index (χ3n) is 5.33. The van der Waals surface area contributed by atoms with E-state index in [1.807, 2.05) is 18.2 Å². The van der Waals surface area contributed by atoms with Crippen molar-refractivity contribution < 1.29 is 14.3 Å². The van der Waals surface area contributed by atoms with Crippen LogP contribution in [0.15, 0.2) is 48.8 Å². The molecule has 4 rings (SSSR count). The second-order valence-corrected chi connectivity index (χ2v) is 7.21. The standard InChI is InChI=1S/C21H22N6O3/c1-30-18-8-7-14(13-24-18)27-17(15-6-2-5-11-23-15)12-16(26-27)19(28)25-21(20(22)29)9-3-4-10-21/h2,5-8,11-13H,3-4,9-10H2,1H3,(H2,22,29)(H,25,28). The van der Waals surface area contributed by atoms with Crippen LogP contribution in [0.3, 0.4) is 0 Å². The van der Waals surface area contributed by atoms with Crippen molar-refractivity contribution in [3.63, 3.8) is 0 Å². The summed E-state index contributed by atoms with van der Waals surface area (Å²) < 4.78 is 6.70. The number of amides is 2. The number of ether oxygens (including phenoxy) is 1. The van der Waals surface area contributed by atoms with E-state index in [4.69, 9.17) is 10.5 Å². The molecule has 0 aliphatic heterocycles. The number of pyridine rings is 2. The topological polar surface area (TPSA) is 125 Å². The molecule has 9 heteroatoms. The normalized spacial score (nSPS) is 15.0. The summed E-state index contributed by atoms with van der Waals surface area (Å²) >= 11 is 0. The highest BCUT2D eigenvalue weighted by atomic mass is 16.5. The van der Waals surface area contributed by atoms with Crippen molar-refractivity contribution in [2.75, 3.05) is 7.11 Å². The van der Waals surface area contributed by atoms with Gasteiger partial charge in [-0.2, -0.15) is 5.10 Å². The van der Waals surface area contributed by atoms with Gasteiger partial charge >= 0.3 is 0 Å². The molecule has 30 heavy (non-hydrogen) atoms. The first-order valence-electron chi connectivity index (χ1n) is 9.67. The van der Waals surface area contributed by atoms with Gasteiger partial charge in [0.2, 0.25) is 11.8 Å². The Morgan fingerprint density at radius 2 is 1.97 bits per heavy atom. The Kier molecular flexibility index (Phi) is 5.18. The zero-order valence-corrected chi connectivity index (χ0v) is 16.5. The van der Waals surface area contributed by atoms with Crippen molar-refractivity contribution in [3.05, 3.63) is 54.5 Å². The summed E-state index contributed by atoms with van der Waals surface area (Å²) in [6.45, 7) is 0. The van der Waals surface area contributed by atoms with E-state index in [9.17, 15) is 9.59 Å². The number of rotatable bonds is 6. The van der Waals surface area contributed by atoms with Gasteiger partial charge in [-0.05, 0) is 37.1 Å². The van der Waals surface area contributed by atoms with E-state index in [0.717, 1.165) is 12.8 Å². The summed E-state index contributed by atoms with van der Waals surface area (Å²) in [6.07, 6.45) is 6.01. The molecule has 0 aromatic carbocycles. The monoisotopic (exact) mass is 406 g/mol. The van der Waals surface area contributed by atoms with Gasteiger partial charge in [-0.15, -0.1) is 0 Å². The van der Waals surface area contributed by atoms with Gasteiger partial charge in [0.25, 0.3) is 5.91 Å². The number of primary amides is 1. The minimum absolute atomic E-state index is 0.166. The molecule has 3 heterocycles. The summed E-state index contributed by atoms with van der Waals surface area (Å²) in [5.41, 5.74) is 6.64. The van der Waals surface area contributed by atoms with Crippen molar-refractivity contribution in [2.24, 2.45) is 5.73 Å². The van der Waals surface area contributed by atoms with Crippen molar-refractivity contribution in [1.82, 2.24) is 25.1 Å². The number of nitrogens with one attached hydrogen (secondary N) is 1. The minimum Gasteiger partial charge on any atom is -0.481 e. The zero-order valence-electron chi connectivity index (χ0n) is 16.5. The predicted octanol–water partition coefficient (Wildman–Crippen LogP) is 1.87. The second-order valence-electron chi connectivity index (χ2n) is 7.21. The van der Waals surface area contributed by atoms with Gasteiger partial charge in [0.05, 0.1) is 30.4 Å². The van der Waals surface area contributed by atoms with Crippen LogP contribution < -0.4 is 15.8 Å². The molecule has 2 amide bonds. The average Bonchev–Trinajstić information content (AvgIpc) is 3.43. The van der Waals surface area contributed by atoms with Crippen LogP contribution in [0.2, 0.25) is 0 Å². The molecule has 0 atom stereocenters. The van der Waals surface area contributed by atoms with Crippen LogP contribution in [0.25, 0.3) is 17.1 Å². The first-order chi connectivity index (χ1) is 14.5. The van der Waals surface area contributed by atoms with Crippen LogP contribution in [0.1, 0.15) is 36.2 Å². The Morgan fingerprint density at radius 1 is 1.17 bits per heavy atom. The SMILES string of the molecule is COc1ccc(-n2nc(C(=O)NC3(C(N)=O)CCCC3)cc2-c2ccccn2)cn1. The summed E-state index contributed by atoms with van der Waals surface area (Å²) in [5, 5.41) is 7.30. The summed E-state index contributed by atoms with van der Waals surface area (Å²) in [6, 6.07) is 10.6. The predicted molar refractivity (Wildman–Crippen MR) is 109 cm³/mol. The van der Waals surface area contributed by atoms with Crippen molar-refractivity contribution in [3.8, 4) is 23.0 Å². The van der Waals surface area contributed by atoms with Gasteiger partial charge < -0.3 is 15.8 Å². The molecule has 0 bridgehead atoms. The Balaban J connectivity index is 1.73. The van der Waals surface area contributed by atoms with E-state index >= 15 is 0 Å². The highest BCUT2D eigenvalue weighted by Crippen LogP contribution is 2.30. The van der Waals surface area contributed by atoms with Crippen LogP contribution in [0, 0.1) is 0 Å². The van der Waals surface area contributed by atoms with E-state index in [1.165, 1.54) is 7.11 Å². The lowest BCUT2D eigenvalue weighted by molar-refractivity contribution is -0.123. The molecule has 3 N–H and O–H groups in total. The smallest absolute Gasteiger partial charge is 0.272 e. The number of nitrogens with two attached hydrogens (primary N) is 1. The number of nitrogens with zero attached hydrogens (tertiary/aromatic N) is 4. The maximum Gasteiger partial charge on any atom is 0.272 e. The van der Waals surface area contributed by atoms with Crippen LogP contribution in [0.4, 0.5) is 0 Å². The minimum atomic E-state index is -1.02. The first kappa shape index (κ1) is 19.6. The molecule has 1 aliphatic rings. The summed E-state index contributed by atoms with van der Waals surface area (Å²) in [4.78, 5) is 33.6. The Labute approximate surface area is 173 Å². The number of hydrogen-bond donors (Lipinski definition) is 2. The molecule has 0 unspecified atom stereocenters. The van der Waals surface area contributed by atoms with Gasteiger partial charge in [-0.25, -0.2) is 9.67 Å². The lowest BCUT2D eigenvalue weighted by Crippen LogP contribution is -2.55. The Morgan fingerprint density at radius 3 is 2.57 bits per heavy atom. The number of hydrogen-bond acceptors (Lipinski definition) is 6. The van der Waals surface area contributed by atoms with Crippen LogP contribution in [-0.4, -0.2) is 44.2 Å². The number of methoxy groups -OCH3 is 1. The fourth-order valence-corrected chi connectivity index (χ4v) is 3.70. The largest absolute Gasteiger partial charge is 0.481 e. The first-order valence-corrected chi connectivity index (χ1v) is 9.67. The van der Waals surface area contributed by atoms with Crippen molar-refractivity contribution in [1.29, 1.82) is 0 Å². The fraction of sp³-hybridized carbons (Fsp3) is 0.286. The highest BCUT2D eigenvalue weighted by Gasteiger charge is 2.41.